The largest absolute Gasteiger partial charge is 0.575 e. The average molecular weight is 658 g/mol. The molecule has 1 aliphatic heterocycles. The predicted octanol–water partition coefficient (Wildman–Crippen LogP) is 2.27. The number of anilines is 1. The minimum Gasteiger partial charge on any atom is -0.575 e. The lowest BCUT2D eigenvalue weighted by atomic mass is 9.96. The Bertz CT molecular complexity index is 1780. The molecule has 4 heterocycles. The molecule has 1 fully saturated rings. The average Bonchev–Trinajstić information content (AvgIpc) is 3.50. The Morgan fingerprint density at radius 3 is 2.74 bits per heavy atom. The molecule has 5 rings (SSSR count). The van der Waals surface area contributed by atoms with Gasteiger partial charge in [0.2, 0.25) is 17.7 Å². The maximum Gasteiger partial charge on any atom is 0.395 e. The number of aliphatic hydroxyl groups is 2. The van der Waals surface area contributed by atoms with Crippen molar-refractivity contribution in [2.24, 2.45) is 10.2 Å². The van der Waals surface area contributed by atoms with Crippen LogP contribution < -0.4 is 24.6 Å². The van der Waals surface area contributed by atoms with E-state index >= 15 is 0 Å². The third-order valence-corrected chi connectivity index (χ3v) is 7.98. The molecule has 0 aliphatic carbocycles. The van der Waals surface area contributed by atoms with Gasteiger partial charge in [0.25, 0.3) is 0 Å². The topological polar surface area (TPSA) is 222 Å². The first kappa shape index (κ1) is 33.2. The van der Waals surface area contributed by atoms with Gasteiger partial charge in [-0.3, -0.25) is 9.09 Å². The zero-order chi connectivity index (χ0) is 33.4. The number of fused-ring (bicyclic) bond motifs is 2. The van der Waals surface area contributed by atoms with Crippen LogP contribution in [0.4, 0.5) is 5.95 Å². The van der Waals surface area contributed by atoms with Crippen LogP contribution in [0.15, 0.2) is 41.4 Å². The number of esters is 1. The molecule has 1 aromatic carbocycles. The molecule has 0 amide bonds. The van der Waals surface area contributed by atoms with E-state index in [1.807, 2.05) is 20.8 Å². The fourth-order valence-corrected chi connectivity index (χ4v) is 5.42. The SMILES string of the molecule is COc1nc(N)nc2c1ncn2C1O[C@H](COc2ccc3cc(O[P+]([O-])=N[C@@H](C)C(=O)OCC(C)(C)C)ccc3n2)[C@@H](O)[C@@]1(C)O. The van der Waals surface area contributed by atoms with Crippen molar-refractivity contribution in [3.8, 4) is 17.5 Å². The second-order valence-electron chi connectivity index (χ2n) is 12.2. The highest BCUT2D eigenvalue weighted by molar-refractivity contribution is 7.34. The van der Waals surface area contributed by atoms with E-state index in [2.05, 4.69) is 24.7 Å². The Morgan fingerprint density at radius 1 is 1.26 bits per heavy atom. The van der Waals surface area contributed by atoms with E-state index in [-0.39, 0.29) is 47.7 Å². The molecule has 4 aromatic rings. The molecule has 3 aromatic heterocycles. The molecule has 6 atom stereocenters. The highest BCUT2D eigenvalue weighted by Crippen LogP contribution is 2.40. The Kier molecular flexibility index (Phi) is 9.29. The standard InChI is InChI=1S/C29H36N7O9P/c1-15(25(38)43-13-28(2,3)4)35-46(40)45-17-8-9-18-16(11-17)7-10-20(32-18)42-12-19-22(37)29(5,39)26(44-19)36-14-31-21-23(36)33-27(30)34-24(21)41-6/h7-11,14-15,19,22,26,37,39H,12-13H2,1-6H3,(H2,30,33,34)/t15-,19+,22+,26?,29+/m0/s1. The lowest BCUT2D eigenvalue weighted by Crippen LogP contribution is -2.44. The van der Waals surface area contributed by atoms with Crippen molar-refractivity contribution in [1.82, 2.24) is 24.5 Å². The third kappa shape index (κ3) is 7.11. The summed E-state index contributed by atoms with van der Waals surface area (Å²) in [6.07, 6.45) is -1.98. The molecule has 16 nitrogen and oxygen atoms in total. The van der Waals surface area contributed by atoms with Crippen LogP contribution in [0.3, 0.4) is 0 Å². The number of aromatic nitrogens is 5. The van der Waals surface area contributed by atoms with Crippen LogP contribution >= 0.6 is 8.17 Å². The maximum absolute atomic E-state index is 12.5. The molecular weight excluding hydrogens is 621 g/mol. The Morgan fingerprint density at radius 2 is 2.02 bits per heavy atom. The summed E-state index contributed by atoms with van der Waals surface area (Å²) < 4.78 is 33.1. The number of nitrogen functional groups attached to an aromatic ring is 1. The number of hydrogen-bond acceptors (Lipinski definition) is 15. The van der Waals surface area contributed by atoms with Crippen molar-refractivity contribution in [3.63, 3.8) is 0 Å². The summed E-state index contributed by atoms with van der Waals surface area (Å²) in [5, 5.41) is 22.8. The minimum absolute atomic E-state index is 0.0581. The van der Waals surface area contributed by atoms with Gasteiger partial charge in [-0.25, -0.2) is 14.8 Å². The van der Waals surface area contributed by atoms with E-state index in [1.54, 1.807) is 30.3 Å². The number of ether oxygens (including phenoxy) is 4. The van der Waals surface area contributed by atoms with Gasteiger partial charge in [0.15, 0.2) is 29.2 Å². The third-order valence-electron chi connectivity index (χ3n) is 7.08. The van der Waals surface area contributed by atoms with Crippen molar-refractivity contribution in [1.29, 1.82) is 0 Å². The quantitative estimate of drug-likeness (QED) is 0.164. The highest BCUT2D eigenvalue weighted by Gasteiger charge is 2.54. The van der Waals surface area contributed by atoms with E-state index in [0.29, 0.717) is 16.4 Å². The van der Waals surface area contributed by atoms with E-state index in [1.165, 1.54) is 31.9 Å². The molecule has 1 aliphatic rings. The van der Waals surface area contributed by atoms with E-state index in [0.717, 1.165) is 0 Å². The van der Waals surface area contributed by atoms with Gasteiger partial charge in [-0.15, -0.1) is 0 Å². The first-order chi connectivity index (χ1) is 21.7. The number of hydrogen-bond donors (Lipinski definition) is 3. The molecule has 4 N–H and O–H groups in total. The van der Waals surface area contributed by atoms with Gasteiger partial charge in [-0.05, 0) is 43.5 Å². The van der Waals surface area contributed by atoms with Gasteiger partial charge in [-0.1, -0.05) is 25.5 Å². The summed E-state index contributed by atoms with van der Waals surface area (Å²) in [6.45, 7) is 8.80. The van der Waals surface area contributed by atoms with Gasteiger partial charge < -0.3 is 39.8 Å². The minimum atomic E-state index is -2.54. The summed E-state index contributed by atoms with van der Waals surface area (Å²) in [4.78, 5) is 41.5. The van der Waals surface area contributed by atoms with Gasteiger partial charge in [0.05, 0.1) is 25.6 Å². The van der Waals surface area contributed by atoms with Crippen molar-refractivity contribution >= 4 is 42.2 Å². The molecule has 0 radical (unpaired) electrons. The molecular formula is C29H36N7O9P. The fraction of sp³-hybridized carbons (Fsp3) is 0.483. The van der Waals surface area contributed by atoms with E-state index in [4.69, 9.17) is 29.2 Å². The summed E-state index contributed by atoms with van der Waals surface area (Å²) in [7, 11) is -1.12. The van der Waals surface area contributed by atoms with Crippen LogP contribution in [-0.2, 0) is 14.3 Å². The molecule has 0 saturated carbocycles. The number of nitrogens with two attached hydrogens (primary N) is 1. The fourth-order valence-electron chi connectivity index (χ4n) is 4.70. The molecule has 0 spiro atoms. The predicted molar refractivity (Wildman–Crippen MR) is 164 cm³/mol. The number of aliphatic hydroxyl groups excluding tert-OH is 1. The highest BCUT2D eigenvalue weighted by atomic mass is 31.1. The van der Waals surface area contributed by atoms with Crippen molar-refractivity contribution in [3.05, 3.63) is 36.7 Å². The van der Waals surface area contributed by atoms with Crippen LogP contribution in [-0.4, -0.2) is 84.9 Å². The van der Waals surface area contributed by atoms with Crippen LogP contribution in [0.25, 0.3) is 22.1 Å². The summed E-state index contributed by atoms with van der Waals surface area (Å²) >= 11 is 0. The second kappa shape index (κ2) is 12.9. The number of benzene rings is 1. The molecule has 2 unspecified atom stereocenters. The van der Waals surface area contributed by atoms with Crippen LogP contribution in [0.5, 0.6) is 17.5 Å². The monoisotopic (exact) mass is 657 g/mol. The van der Waals surface area contributed by atoms with Crippen molar-refractivity contribution < 1.29 is 43.4 Å². The lowest BCUT2D eigenvalue weighted by Gasteiger charge is -2.27. The smallest absolute Gasteiger partial charge is 0.395 e. The number of rotatable bonds is 10. The maximum atomic E-state index is 12.5. The number of nitrogens with zero attached hydrogens (tertiary/aromatic N) is 6. The van der Waals surface area contributed by atoms with Gasteiger partial charge in [0.1, 0.15) is 24.4 Å². The molecule has 17 heteroatoms. The zero-order valence-electron chi connectivity index (χ0n) is 26.1. The normalized spacial score (nSPS) is 22.6. The first-order valence-electron chi connectivity index (χ1n) is 14.3. The van der Waals surface area contributed by atoms with E-state index < -0.39 is 44.2 Å². The van der Waals surface area contributed by atoms with Crippen molar-refractivity contribution in [2.75, 3.05) is 26.1 Å². The van der Waals surface area contributed by atoms with Gasteiger partial charge in [0, 0.05) is 11.5 Å². The summed E-state index contributed by atoms with van der Waals surface area (Å²) in [5.41, 5.74) is 4.98. The number of imidazole rings is 1. The number of carbonyl (C=O) groups excluding carboxylic acids is 1. The first-order valence-corrected chi connectivity index (χ1v) is 15.5. The summed E-state index contributed by atoms with van der Waals surface area (Å²) in [6, 6.07) is 7.22. The Balaban J connectivity index is 1.23. The Hall–Kier alpha value is -4.21. The van der Waals surface area contributed by atoms with Crippen molar-refractivity contribution in [2.45, 2.75) is 64.7 Å². The van der Waals surface area contributed by atoms with Crippen LogP contribution in [0, 0.1) is 5.41 Å². The number of pyridine rings is 1. The molecule has 46 heavy (non-hydrogen) atoms. The molecule has 1 saturated heterocycles. The molecule has 246 valence electrons. The Labute approximate surface area is 265 Å². The lowest BCUT2D eigenvalue weighted by molar-refractivity contribution is -0.169. The van der Waals surface area contributed by atoms with Gasteiger partial charge >= 0.3 is 14.1 Å². The van der Waals surface area contributed by atoms with Crippen LogP contribution in [0.2, 0.25) is 0 Å². The van der Waals surface area contributed by atoms with Gasteiger partial charge in [-0.2, -0.15) is 9.97 Å². The number of methoxy groups -OCH3 is 1. The number of carbonyl (C=O) groups is 1. The zero-order valence-corrected chi connectivity index (χ0v) is 27.0. The second-order valence-corrected chi connectivity index (χ2v) is 13.1. The molecule has 0 bridgehead atoms. The van der Waals surface area contributed by atoms with Crippen LogP contribution in [0.1, 0.15) is 40.8 Å². The summed E-state index contributed by atoms with van der Waals surface area (Å²) in [5.74, 6) is 0.0322. The van der Waals surface area contributed by atoms with E-state index in [9.17, 15) is 19.9 Å².